The van der Waals surface area contributed by atoms with Gasteiger partial charge in [0.2, 0.25) is 11.9 Å². The molecular weight excluding hydrogens is 372 g/mol. The van der Waals surface area contributed by atoms with Crippen molar-refractivity contribution in [1.29, 1.82) is 0 Å². The third-order valence-electron chi connectivity index (χ3n) is 3.04. The van der Waals surface area contributed by atoms with Gasteiger partial charge in [0, 0.05) is 11.8 Å². The van der Waals surface area contributed by atoms with Crippen LogP contribution in [0.4, 0.5) is 10.5 Å². The third kappa shape index (κ3) is 3.77. The molecule has 1 aromatic rings. The highest BCUT2D eigenvalue weighted by Gasteiger charge is 2.28. The summed E-state index contributed by atoms with van der Waals surface area (Å²) < 4.78 is 15.3. The Hall–Kier alpha value is -2.53. The van der Waals surface area contributed by atoms with Crippen LogP contribution in [0, 0.1) is 10.1 Å². The van der Waals surface area contributed by atoms with Crippen molar-refractivity contribution in [1.82, 2.24) is 0 Å². The highest BCUT2D eigenvalue weighted by atomic mass is 32.2. The fraction of sp³-hybridized carbons (Fsp3) is 0.214. The maximum absolute atomic E-state index is 12.0. The van der Waals surface area contributed by atoms with Crippen LogP contribution in [0.2, 0.25) is 0 Å². The van der Waals surface area contributed by atoms with Crippen LogP contribution in [0.1, 0.15) is 12.5 Å². The van der Waals surface area contributed by atoms with E-state index in [9.17, 15) is 19.7 Å². The second-order valence-electron chi connectivity index (χ2n) is 4.60. The standard InChI is InChI=1S/C14H10N2O7S2/c1-2-21-14(18)25-13-15-8(12(17)24-13)3-7-4-10-11(23-6-22-10)5-9(7)16(19)20/h3-5H,2,6H2,1H3/b8-3-. The molecule has 25 heavy (non-hydrogen) atoms. The summed E-state index contributed by atoms with van der Waals surface area (Å²) in [7, 11) is 0. The second-order valence-corrected chi connectivity index (χ2v) is 6.75. The number of fused-ring (bicyclic) bond motifs is 1. The first-order chi connectivity index (χ1) is 12.0. The highest BCUT2D eigenvalue weighted by Crippen LogP contribution is 2.40. The minimum Gasteiger partial charge on any atom is -0.458 e. The molecule has 0 amide bonds. The number of benzene rings is 1. The molecule has 0 bridgehead atoms. The van der Waals surface area contributed by atoms with E-state index in [2.05, 4.69) is 4.99 Å². The molecule has 130 valence electrons. The molecule has 9 nitrogen and oxygen atoms in total. The van der Waals surface area contributed by atoms with Crippen LogP contribution in [0.5, 0.6) is 11.5 Å². The number of rotatable bonds is 3. The van der Waals surface area contributed by atoms with Crippen LogP contribution >= 0.6 is 23.5 Å². The van der Waals surface area contributed by atoms with Crippen molar-refractivity contribution in [3.05, 3.63) is 33.5 Å². The Labute approximate surface area is 149 Å². The molecule has 0 spiro atoms. The summed E-state index contributed by atoms with van der Waals surface area (Å²) in [6.07, 6.45) is 1.29. The van der Waals surface area contributed by atoms with Crippen molar-refractivity contribution < 1.29 is 28.7 Å². The van der Waals surface area contributed by atoms with Crippen LogP contribution in [-0.2, 0) is 9.53 Å². The lowest BCUT2D eigenvalue weighted by molar-refractivity contribution is -0.385. The molecule has 11 heteroatoms. The number of carbonyl (C=O) groups is 2. The lowest BCUT2D eigenvalue weighted by Gasteiger charge is -2.01. The normalized spacial score (nSPS) is 16.9. The van der Waals surface area contributed by atoms with Crippen molar-refractivity contribution in [3.63, 3.8) is 0 Å². The molecule has 0 saturated carbocycles. The molecule has 1 aromatic carbocycles. The smallest absolute Gasteiger partial charge is 0.374 e. The van der Waals surface area contributed by atoms with Gasteiger partial charge >= 0.3 is 5.30 Å². The zero-order valence-electron chi connectivity index (χ0n) is 12.7. The predicted molar refractivity (Wildman–Crippen MR) is 91.8 cm³/mol. The Morgan fingerprint density at radius 1 is 1.48 bits per heavy atom. The summed E-state index contributed by atoms with van der Waals surface area (Å²) in [5, 5.41) is 10.3. The van der Waals surface area contributed by atoms with Crippen LogP contribution in [0.15, 0.2) is 22.8 Å². The van der Waals surface area contributed by atoms with Crippen LogP contribution < -0.4 is 9.47 Å². The van der Waals surface area contributed by atoms with Gasteiger partial charge in [0.25, 0.3) is 5.69 Å². The Morgan fingerprint density at radius 2 is 2.20 bits per heavy atom. The van der Waals surface area contributed by atoms with E-state index in [-0.39, 0.29) is 40.5 Å². The van der Waals surface area contributed by atoms with Gasteiger partial charge in [0.1, 0.15) is 10.1 Å². The first-order valence-corrected chi connectivity index (χ1v) is 8.56. The fourth-order valence-corrected chi connectivity index (χ4v) is 3.59. The van der Waals surface area contributed by atoms with E-state index in [1.807, 2.05) is 0 Å². The minimum atomic E-state index is -0.584. The fourth-order valence-electron chi connectivity index (χ4n) is 2.02. The zero-order chi connectivity index (χ0) is 18.0. The molecule has 2 aliphatic rings. The molecule has 0 aromatic heterocycles. The number of hydrogen-bond donors (Lipinski definition) is 0. The van der Waals surface area contributed by atoms with E-state index >= 15 is 0 Å². The third-order valence-corrected chi connectivity index (χ3v) is 4.76. The molecule has 0 N–H and O–H groups in total. The first-order valence-electron chi connectivity index (χ1n) is 6.93. The van der Waals surface area contributed by atoms with E-state index < -0.39 is 15.3 Å². The number of nitro groups is 1. The molecule has 3 rings (SSSR count). The lowest BCUT2D eigenvalue weighted by atomic mass is 10.1. The monoisotopic (exact) mass is 382 g/mol. The van der Waals surface area contributed by atoms with Crippen LogP contribution in [0.3, 0.4) is 0 Å². The Bertz CT molecular complexity index is 835. The SMILES string of the molecule is CCOC(=O)SC1=N/C(=C\c2cc3c(cc2[N+](=O)[O-])OCO3)C(=O)S1. The molecule has 0 atom stereocenters. The summed E-state index contributed by atoms with van der Waals surface area (Å²) in [5.41, 5.74) is -0.0839. The van der Waals surface area contributed by atoms with Crippen molar-refractivity contribution >= 4 is 50.1 Å². The number of carbonyl (C=O) groups excluding carboxylic acids is 2. The van der Waals surface area contributed by atoms with Gasteiger partial charge in [-0.3, -0.25) is 14.9 Å². The number of ether oxygens (including phenoxy) is 3. The Morgan fingerprint density at radius 3 is 2.88 bits per heavy atom. The maximum Gasteiger partial charge on any atom is 0.374 e. The van der Waals surface area contributed by atoms with E-state index in [0.717, 1.165) is 11.8 Å². The van der Waals surface area contributed by atoms with E-state index in [4.69, 9.17) is 14.2 Å². The van der Waals surface area contributed by atoms with Gasteiger partial charge in [-0.05, 0) is 30.8 Å². The summed E-state index contributed by atoms with van der Waals surface area (Å²) in [6.45, 7) is 1.85. The highest BCUT2D eigenvalue weighted by molar-refractivity contribution is 8.49. The molecule has 0 aliphatic carbocycles. The number of thioether (sulfide) groups is 2. The molecule has 0 unspecified atom stereocenters. The number of aliphatic imine (C=N–C) groups is 1. The molecule has 2 aliphatic heterocycles. The van der Waals surface area contributed by atoms with Crippen molar-refractivity contribution in [3.8, 4) is 11.5 Å². The van der Waals surface area contributed by atoms with Gasteiger partial charge in [-0.1, -0.05) is 0 Å². The average Bonchev–Trinajstić information content (AvgIpc) is 3.13. The van der Waals surface area contributed by atoms with Crippen molar-refractivity contribution in [2.24, 2.45) is 4.99 Å². The van der Waals surface area contributed by atoms with Crippen LogP contribution in [-0.4, -0.2) is 33.1 Å². The molecule has 2 heterocycles. The van der Waals surface area contributed by atoms with Gasteiger partial charge in [0.15, 0.2) is 11.5 Å². The van der Waals surface area contributed by atoms with Crippen molar-refractivity contribution in [2.45, 2.75) is 6.92 Å². The van der Waals surface area contributed by atoms with E-state index in [1.165, 1.54) is 18.2 Å². The van der Waals surface area contributed by atoms with E-state index in [1.54, 1.807) is 6.92 Å². The van der Waals surface area contributed by atoms with E-state index in [0.29, 0.717) is 17.5 Å². The van der Waals surface area contributed by atoms with Gasteiger partial charge in [-0.2, -0.15) is 0 Å². The zero-order valence-corrected chi connectivity index (χ0v) is 14.3. The molecule has 0 radical (unpaired) electrons. The Kier molecular flexibility index (Phi) is 4.95. The molecular formula is C14H10N2O7S2. The summed E-state index contributed by atoms with van der Waals surface area (Å²) >= 11 is 1.46. The average molecular weight is 382 g/mol. The van der Waals surface area contributed by atoms with Gasteiger partial charge in [-0.25, -0.2) is 9.79 Å². The Balaban J connectivity index is 1.92. The lowest BCUT2D eigenvalue weighted by Crippen LogP contribution is -1.98. The minimum absolute atomic E-state index is 0.00114. The quantitative estimate of drug-likeness (QED) is 0.336. The summed E-state index contributed by atoms with van der Waals surface area (Å²) in [4.78, 5) is 38.2. The summed E-state index contributed by atoms with van der Waals surface area (Å²) in [5.74, 6) is 0.615. The van der Waals surface area contributed by atoms with Crippen molar-refractivity contribution in [2.75, 3.05) is 13.4 Å². The number of nitrogens with zero attached hydrogens (tertiary/aromatic N) is 2. The first kappa shape index (κ1) is 17.3. The van der Waals surface area contributed by atoms with Crippen LogP contribution in [0.25, 0.3) is 6.08 Å². The van der Waals surface area contributed by atoms with Gasteiger partial charge < -0.3 is 14.2 Å². The topological polar surface area (TPSA) is 117 Å². The number of nitro benzene ring substituents is 1. The largest absolute Gasteiger partial charge is 0.458 e. The maximum atomic E-state index is 12.0. The molecule has 0 fully saturated rings. The molecule has 0 saturated heterocycles. The summed E-state index contributed by atoms with van der Waals surface area (Å²) in [6, 6.07) is 2.65. The van der Waals surface area contributed by atoms with Gasteiger partial charge in [-0.15, -0.1) is 0 Å². The van der Waals surface area contributed by atoms with Gasteiger partial charge in [0.05, 0.1) is 23.2 Å². The predicted octanol–water partition coefficient (Wildman–Crippen LogP) is 3.18. The number of hydrogen-bond acceptors (Lipinski definition) is 10. The second kappa shape index (κ2) is 7.15.